The number of piperidine rings is 1. The highest BCUT2D eigenvalue weighted by Crippen LogP contribution is 2.39. The molecule has 0 saturated carbocycles. The number of nitrogens with one attached hydrogen (secondary N) is 1. The Bertz CT molecular complexity index is 300. The fourth-order valence-corrected chi connectivity index (χ4v) is 4.52. The van der Waals surface area contributed by atoms with Crippen LogP contribution >= 0.6 is 24.8 Å². The van der Waals surface area contributed by atoms with Gasteiger partial charge in [-0.3, -0.25) is 4.90 Å². The van der Waals surface area contributed by atoms with E-state index in [-0.39, 0.29) is 24.8 Å². The first kappa shape index (κ1) is 20.5. The average molecular weight is 352 g/mol. The molecule has 3 aliphatic rings. The molecule has 3 heterocycles. The SMILES string of the molecule is CC(CN1CCCCCC1)N1CCC2(CCNCC2)C1.Cl.Cl. The highest BCUT2D eigenvalue weighted by atomic mass is 35.5. The maximum absolute atomic E-state index is 3.53. The summed E-state index contributed by atoms with van der Waals surface area (Å²) in [5.41, 5.74) is 0.665. The molecule has 5 heteroatoms. The summed E-state index contributed by atoms with van der Waals surface area (Å²) in [6, 6.07) is 0.752. The summed E-state index contributed by atoms with van der Waals surface area (Å²) in [6.45, 7) is 11.6. The molecule has 3 aliphatic heterocycles. The van der Waals surface area contributed by atoms with Gasteiger partial charge in [-0.15, -0.1) is 24.8 Å². The summed E-state index contributed by atoms with van der Waals surface area (Å²) < 4.78 is 0. The molecule has 3 rings (SSSR count). The molecular weight excluding hydrogens is 317 g/mol. The largest absolute Gasteiger partial charge is 0.317 e. The van der Waals surface area contributed by atoms with Crippen molar-refractivity contribution >= 4 is 24.8 Å². The van der Waals surface area contributed by atoms with Crippen LogP contribution in [-0.2, 0) is 0 Å². The molecule has 0 amide bonds. The number of likely N-dealkylation sites (tertiary alicyclic amines) is 2. The molecule has 3 fully saturated rings. The minimum atomic E-state index is 0. The van der Waals surface area contributed by atoms with Gasteiger partial charge >= 0.3 is 0 Å². The predicted molar refractivity (Wildman–Crippen MR) is 99.6 cm³/mol. The van der Waals surface area contributed by atoms with Crippen LogP contribution in [0.1, 0.15) is 51.9 Å². The predicted octanol–water partition coefficient (Wildman–Crippen LogP) is 3.17. The molecule has 0 aliphatic carbocycles. The van der Waals surface area contributed by atoms with E-state index in [2.05, 4.69) is 22.0 Å². The van der Waals surface area contributed by atoms with Crippen LogP contribution in [-0.4, -0.2) is 61.7 Å². The smallest absolute Gasteiger partial charge is 0.0195 e. The second-order valence-corrected chi connectivity index (χ2v) is 7.53. The monoisotopic (exact) mass is 351 g/mol. The lowest BCUT2D eigenvalue weighted by Crippen LogP contribution is -2.44. The first-order valence-electron chi connectivity index (χ1n) is 8.95. The van der Waals surface area contributed by atoms with Crippen molar-refractivity contribution in [2.24, 2.45) is 5.41 Å². The zero-order chi connectivity index (χ0) is 13.8. The van der Waals surface area contributed by atoms with Crippen LogP contribution in [0.3, 0.4) is 0 Å². The van der Waals surface area contributed by atoms with Gasteiger partial charge in [0.05, 0.1) is 0 Å². The van der Waals surface area contributed by atoms with E-state index in [0.717, 1.165) is 6.04 Å². The van der Waals surface area contributed by atoms with Gasteiger partial charge < -0.3 is 10.2 Å². The van der Waals surface area contributed by atoms with Crippen molar-refractivity contribution in [2.75, 3.05) is 45.8 Å². The normalized spacial score (nSPS) is 27.7. The van der Waals surface area contributed by atoms with Gasteiger partial charge in [-0.2, -0.15) is 0 Å². The molecule has 3 saturated heterocycles. The fourth-order valence-electron chi connectivity index (χ4n) is 4.52. The third-order valence-corrected chi connectivity index (χ3v) is 5.98. The van der Waals surface area contributed by atoms with Crippen molar-refractivity contribution in [3.63, 3.8) is 0 Å². The lowest BCUT2D eigenvalue weighted by Gasteiger charge is -2.36. The summed E-state index contributed by atoms with van der Waals surface area (Å²) in [5, 5.41) is 3.53. The molecule has 1 N–H and O–H groups in total. The third kappa shape index (κ3) is 5.24. The summed E-state index contributed by atoms with van der Waals surface area (Å²) in [4.78, 5) is 5.52. The van der Waals surface area contributed by atoms with Crippen molar-refractivity contribution < 1.29 is 0 Å². The first-order valence-corrected chi connectivity index (χ1v) is 8.95. The first-order chi connectivity index (χ1) is 9.77. The Labute approximate surface area is 149 Å². The van der Waals surface area contributed by atoms with Crippen LogP contribution in [0.25, 0.3) is 0 Å². The molecule has 0 aromatic heterocycles. The van der Waals surface area contributed by atoms with Gasteiger partial charge in [-0.1, -0.05) is 12.8 Å². The molecule has 3 nitrogen and oxygen atoms in total. The van der Waals surface area contributed by atoms with Crippen LogP contribution in [0.4, 0.5) is 0 Å². The molecular formula is C17H35Cl2N3. The molecule has 0 aromatic rings. The molecule has 0 radical (unpaired) electrons. The summed E-state index contributed by atoms with van der Waals surface area (Å²) >= 11 is 0. The lowest BCUT2D eigenvalue weighted by atomic mass is 9.78. The van der Waals surface area contributed by atoms with Crippen LogP contribution in [0.2, 0.25) is 0 Å². The molecule has 1 atom stereocenters. The Balaban J connectivity index is 0.00000121. The number of rotatable bonds is 3. The van der Waals surface area contributed by atoms with Gasteiger partial charge in [-0.05, 0) is 77.2 Å². The van der Waals surface area contributed by atoms with Crippen LogP contribution in [0.15, 0.2) is 0 Å². The summed E-state index contributed by atoms with van der Waals surface area (Å²) in [7, 11) is 0. The van der Waals surface area contributed by atoms with E-state index in [0.29, 0.717) is 5.41 Å². The van der Waals surface area contributed by atoms with Gasteiger partial charge in [-0.25, -0.2) is 0 Å². The van der Waals surface area contributed by atoms with Crippen molar-refractivity contribution in [1.29, 1.82) is 0 Å². The zero-order valence-electron chi connectivity index (χ0n) is 14.2. The summed E-state index contributed by atoms with van der Waals surface area (Å²) in [5.74, 6) is 0. The van der Waals surface area contributed by atoms with Gasteiger partial charge in [0.1, 0.15) is 0 Å². The molecule has 0 aromatic carbocycles. The lowest BCUT2D eigenvalue weighted by molar-refractivity contribution is 0.143. The Kier molecular flexibility index (Phi) is 9.02. The van der Waals surface area contributed by atoms with E-state index in [1.807, 2.05) is 0 Å². The molecule has 1 unspecified atom stereocenters. The molecule has 132 valence electrons. The van der Waals surface area contributed by atoms with Crippen molar-refractivity contribution in [3.8, 4) is 0 Å². The number of hydrogen-bond acceptors (Lipinski definition) is 3. The fraction of sp³-hybridized carbons (Fsp3) is 1.00. The topological polar surface area (TPSA) is 18.5 Å². The maximum atomic E-state index is 3.53. The Morgan fingerprint density at radius 3 is 2.18 bits per heavy atom. The van der Waals surface area contributed by atoms with Crippen LogP contribution in [0, 0.1) is 5.41 Å². The van der Waals surface area contributed by atoms with E-state index < -0.39 is 0 Å². The van der Waals surface area contributed by atoms with Crippen LogP contribution in [0.5, 0.6) is 0 Å². The van der Waals surface area contributed by atoms with Gasteiger partial charge in [0.25, 0.3) is 0 Å². The minimum absolute atomic E-state index is 0. The number of nitrogens with zero attached hydrogens (tertiary/aromatic N) is 2. The average Bonchev–Trinajstić information content (AvgIpc) is 2.70. The van der Waals surface area contributed by atoms with Crippen LogP contribution < -0.4 is 5.32 Å². The third-order valence-electron chi connectivity index (χ3n) is 5.98. The van der Waals surface area contributed by atoms with E-state index in [9.17, 15) is 0 Å². The zero-order valence-corrected chi connectivity index (χ0v) is 15.8. The Hall–Kier alpha value is 0.460. The highest BCUT2D eigenvalue weighted by Gasteiger charge is 2.40. The standard InChI is InChI=1S/C17H33N3.2ClH/c1-16(14-19-11-4-2-3-5-12-19)20-13-8-17(15-20)6-9-18-10-7-17;;/h16,18H,2-15H2,1H3;2*1H. The van der Waals surface area contributed by atoms with E-state index in [1.54, 1.807) is 0 Å². The van der Waals surface area contributed by atoms with Crippen molar-refractivity contribution in [1.82, 2.24) is 15.1 Å². The minimum Gasteiger partial charge on any atom is -0.317 e. The van der Waals surface area contributed by atoms with Gasteiger partial charge in [0.2, 0.25) is 0 Å². The van der Waals surface area contributed by atoms with E-state index in [1.165, 1.54) is 90.8 Å². The van der Waals surface area contributed by atoms with Crippen molar-refractivity contribution in [2.45, 2.75) is 57.9 Å². The molecule has 0 bridgehead atoms. The Morgan fingerprint density at radius 1 is 0.909 bits per heavy atom. The quantitative estimate of drug-likeness (QED) is 0.842. The van der Waals surface area contributed by atoms with Crippen molar-refractivity contribution in [3.05, 3.63) is 0 Å². The number of halogens is 2. The maximum Gasteiger partial charge on any atom is 0.0195 e. The summed E-state index contributed by atoms with van der Waals surface area (Å²) in [6.07, 6.45) is 9.99. The van der Waals surface area contributed by atoms with E-state index >= 15 is 0 Å². The van der Waals surface area contributed by atoms with Gasteiger partial charge in [0, 0.05) is 19.1 Å². The highest BCUT2D eigenvalue weighted by molar-refractivity contribution is 5.85. The number of hydrogen-bond donors (Lipinski definition) is 1. The Morgan fingerprint density at radius 2 is 1.55 bits per heavy atom. The molecule has 22 heavy (non-hydrogen) atoms. The van der Waals surface area contributed by atoms with E-state index in [4.69, 9.17) is 0 Å². The molecule has 1 spiro atoms. The van der Waals surface area contributed by atoms with Gasteiger partial charge in [0.15, 0.2) is 0 Å². The second kappa shape index (κ2) is 9.68. The second-order valence-electron chi connectivity index (χ2n) is 7.53.